The number of fused-ring (bicyclic) bond motifs is 4. The number of oxazole rings is 1. The van der Waals surface area contributed by atoms with Gasteiger partial charge in [-0.3, -0.25) is 0 Å². The van der Waals surface area contributed by atoms with E-state index in [0.717, 1.165) is 61.6 Å². The van der Waals surface area contributed by atoms with Gasteiger partial charge in [0.1, 0.15) is 11.3 Å². The number of piperidine rings is 1. The van der Waals surface area contributed by atoms with Gasteiger partial charge < -0.3 is 29.6 Å². The molecule has 7 nitrogen and oxygen atoms in total. The lowest BCUT2D eigenvalue weighted by atomic mass is 9.88. The number of anilines is 3. The van der Waals surface area contributed by atoms with Crippen LogP contribution in [0.1, 0.15) is 17.9 Å². The zero-order valence-electron chi connectivity index (χ0n) is 18.0. The summed E-state index contributed by atoms with van der Waals surface area (Å²) in [6, 6.07) is 12.5. The lowest BCUT2D eigenvalue weighted by molar-refractivity contribution is 0.120. The number of morpholine rings is 1. The summed E-state index contributed by atoms with van der Waals surface area (Å²) in [4.78, 5) is 11.6. The van der Waals surface area contributed by atoms with Crippen molar-refractivity contribution in [2.75, 3.05) is 67.2 Å². The van der Waals surface area contributed by atoms with E-state index in [0.29, 0.717) is 37.7 Å². The van der Waals surface area contributed by atoms with E-state index in [1.54, 1.807) is 12.1 Å². The minimum atomic E-state index is -0.186. The molecule has 3 aromatic rings. The first-order valence-electron chi connectivity index (χ1n) is 11.5. The van der Waals surface area contributed by atoms with Crippen LogP contribution in [-0.2, 0) is 4.74 Å². The average molecular weight is 438 g/mol. The Morgan fingerprint density at radius 2 is 1.94 bits per heavy atom. The minimum absolute atomic E-state index is 0.186. The van der Waals surface area contributed by atoms with Crippen LogP contribution in [0.25, 0.3) is 11.1 Å². The first-order valence-corrected chi connectivity index (χ1v) is 11.5. The van der Waals surface area contributed by atoms with Gasteiger partial charge in [-0.2, -0.15) is 4.98 Å². The second-order valence-electron chi connectivity index (χ2n) is 8.84. The van der Waals surface area contributed by atoms with E-state index in [-0.39, 0.29) is 5.82 Å². The van der Waals surface area contributed by atoms with Gasteiger partial charge in [0, 0.05) is 62.6 Å². The highest BCUT2D eigenvalue weighted by atomic mass is 19.1. The maximum Gasteiger partial charge on any atom is 0.298 e. The third kappa shape index (κ3) is 3.29. The van der Waals surface area contributed by atoms with Crippen molar-refractivity contribution in [2.45, 2.75) is 18.4 Å². The van der Waals surface area contributed by atoms with Crippen LogP contribution in [0.3, 0.4) is 0 Å². The molecule has 0 saturated carbocycles. The predicted octanol–water partition coefficient (Wildman–Crippen LogP) is 2.94. The Labute approximate surface area is 186 Å². The van der Waals surface area contributed by atoms with Crippen molar-refractivity contribution in [3.63, 3.8) is 0 Å². The Morgan fingerprint density at radius 3 is 2.78 bits per heavy atom. The quantitative estimate of drug-likeness (QED) is 0.673. The molecule has 2 unspecified atom stereocenters. The average Bonchev–Trinajstić information content (AvgIpc) is 3.38. The summed E-state index contributed by atoms with van der Waals surface area (Å²) in [5.74, 6) is 0.150. The molecule has 2 N–H and O–H groups in total. The first-order chi connectivity index (χ1) is 15.7. The molecule has 2 aromatic carbocycles. The van der Waals surface area contributed by atoms with Crippen LogP contribution < -0.4 is 20.4 Å². The van der Waals surface area contributed by atoms with Gasteiger partial charge >= 0.3 is 0 Å². The smallest absolute Gasteiger partial charge is 0.298 e. The number of aromatic nitrogens is 1. The number of rotatable bonds is 4. The number of nitrogens with two attached hydrogens (primary N) is 1. The van der Waals surface area contributed by atoms with Crippen LogP contribution >= 0.6 is 0 Å². The van der Waals surface area contributed by atoms with Crippen molar-refractivity contribution >= 4 is 28.5 Å². The molecule has 8 heteroatoms. The van der Waals surface area contributed by atoms with E-state index in [9.17, 15) is 4.39 Å². The first kappa shape index (κ1) is 19.8. The summed E-state index contributed by atoms with van der Waals surface area (Å²) in [7, 11) is 0. The van der Waals surface area contributed by atoms with Gasteiger partial charge in [0.15, 0.2) is 5.58 Å². The Balaban J connectivity index is 1.27. The molecule has 0 bridgehead atoms. The highest BCUT2D eigenvalue weighted by molar-refractivity contribution is 5.79. The molecule has 3 aliphatic heterocycles. The molecule has 168 valence electrons. The molecule has 2 atom stereocenters. The number of ether oxygens (including phenoxy) is 1. The molecule has 3 aliphatic rings. The second-order valence-corrected chi connectivity index (χ2v) is 8.84. The fourth-order valence-corrected chi connectivity index (χ4v) is 5.53. The monoisotopic (exact) mass is 437 g/mol. The Bertz CT molecular complexity index is 1130. The Kier molecular flexibility index (Phi) is 4.91. The van der Waals surface area contributed by atoms with Crippen LogP contribution in [0.2, 0.25) is 0 Å². The topological polar surface area (TPSA) is 71.0 Å². The standard InChI is InChI=1S/C24H28FN5O2/c25-16-1-3-18-19-15-29(7-5-21(19)30(8-6-26)22(18)13-16)17-2-4-23-20(14-17)27-24(32-23)28-9-11-31-12-10-28/h1-4,13-14,19,21H,5-12,15,26H2. The van der Waals surface area contributed by atoms with Crippen molar-refractivity contribution in [3.05, 3.63) is 47.8 Å². The zero-order valence-corrected chi connectivity index (χ0v) is 18.0. The molecular formula is C24H28FN5O2. The highest BCUT2D eigenvalue weighted by Gasteiger charge is 2.41. The van der Waals surface area contributed by atoms with Crippen molar-refractivity contribution in [1.82, 2.24) is 4.98 Å². The maximum absolute atomic E-state index is 14.0. The zero-order chi connectivity index (χ0) is 21.7. The van der Waals surface area contributed by atoms with Gasteiger partial charge in [0.25, 0.3) is 6.01 Å². The van der Waals surface area contributed by atoms with Gasteiger partial charge in [0.05, 0.1) is 13.2 Å². The molecule has 1 aromatic heterocycles. The second kappa shape index (κ2) is 7.94. The Morgan fingerprint density at radius 1 is 1.06 bits per heavy atom. The number of hydrogen-bond donors (Lipinski definition) is 1. The summed E-state index contributed by atoms with van der Waals surface area (Å²) in [5, 5.41) is 0. The fourth-order valence-electron chi connectivity index (χ4n) is 5.53. The number of hydrogen-bond acceptors (Lipinski definition) is 7. The molecule has 0 spiro atoms. The summed E-state index contributed by atoms with van der Waals surface area (Å²) >= 11 is 0. The minimum Gasteiger partial charge on any atom is -0.423 e. The lowest BCUT2D eigenvalue weighted by Crippen LogP contribution is -2.47. The number of halogens is 1. The van der Waals surface area contributed by atoms with E-state index in [1.165, 1.54) is 5.56 Å². The van der Waals surface area contributed by atoms with Crippen LogP contribution in [0.5, 0.6) is 0 Å². The summed E-state index contributed by atoms with van der Waals surface area (Å²) in [6.45, 7) is 6.16. The molecule has 4 heterocycles. The van der Waals surface area contributed by atoms with Crippen molar-refractivity contribution in [1.29, 1.82) is 0 Å². The van der Waals surface area contributed by atoms with E-state index < -0.39 is 0 Å². The third-order valence-electron chi connectivity index (χ3n) is 7.05. The van der Waals surface area contributed by atoms with Crippen molar-refractivity contribution in [2.24, 2.45) is 5.73 Å². The summed E-state index contributed by atoms with van der Waals surface area (Å²) in [5.41, 5.74) is 11.0. The van der Waals surface area contributed by atoms with E-state index in [4.69, 9.17) is 19.9 Å². The highest BCUT2D eigenvalue weighted by Crippen LogP contribution is 2.45. The van der Waals surface area contributed by atoms with Gasteiger partial charge in [-0.15, -0.1) is 0 Å². The van der Waals surface area contributed by atoms with Crippen LogP contribution in [0, 0.1) is 5.82 Å². The number of nitrogens with zero attached hydrogens (tertiary/aromatic N) is 4. The van der Waals surface area contributed by atoms with E-state index in [1.807, 2.05) is 12.1 Å². The van der Waals surface area contributed by atoms with E-state index >= 15 is 0 Å². The fraction of sp³-hybridized carbons (Fsp3) is 0.458. The lowest BCUT2D eigenvalue weighted by Gasteiger charge is -2.40. The largest absolute Gasteiger partial charge is 0.423 e. The molecule has 2 fully saturated rings. The van der Waals surface area contributed by atoms with Gasteiger partial charge in [-0.05, 0) is 42.3 Å². The predicted molar refractivity (Wildman–Crippen MR) is 123 cm³/mol. The van der Waals surface area contributed by atoms with Crippen molar-refractivity contribution in [3.8, 4) is 0 Å². The van der Waals surface area contributed by atoms with Crippen LogP contribution in [-0.4, -0.2) is 63.5 Å². The van der Waals surface area contributed by atoms with E-state index in [2.05, 4.69) is 26.8 Å². The third-order valence-corrected chi connectivity index (χ3v) is 7.05. The van der Waals surface area contributed by atoms with Crippen LogP contribution in [0.4, 0.5) is 21.8 Å². The SMILES string of the molecule is NCCN1c2cc(F)ccc2C2CN(c3ccc4oc(N5CCOCC5)nc4c3)CCC21. The molecule has 32 heavy (non-hydrogen) atoms. The van der Waals surface area contributed by atoms with Crippen molar-refractivity contribution < 1.29 is 13.5 Å². The molecule has 0 amide bonds. The summed E-state index contributed by atoms with van der Waals surface area (Å²) < 4.78 is 25.4. The molecule has 6 rings (SSSR count). The maximum atomic E-state index is 14.0. The van der Waals surface area contributed by atoms with Gasteiger partial charge in [-0.1, -0.05) is 6.07 Å². The molecule has 0 radical (unpaired) electrons. The normalized spacial score (nSPS) is 23.0. The van der Waals surface area contributed by atoms with Gasteiger partial charge in [0.2, 0.25) is 0 Å². The number of benzene rings is 2. The molecule has 2 saturated heterocycles. The van der Waals surface area contributed by atoms with Gasteiger partial charge in [-0.25, -0.2) is 4.39 Å². The molecule has 0 aliphatic carbocycles. The molecular weight excluding hydrogens is 409 g/mol. The Hall–Kier alpha value is -2.84. The summed E-state index contributed by atoms with van der Waals surface area (Å²) in [6.07, 6.45) is 1.01. The van der Waals surface area contributed by atoms with Crippen LogP contribution in [0.15, 0.2) is 40.8 Å².